The number of halogens is 1. The number of nitrogen functional groups attached to an aromatic ring is 1. The van der Waals surface area contributed by atoms with Gasteiger partial charge < -0.3 is 5.73 Å². The first-order chi connectivity index (χ1) is 5.27. The molecule has 0 saturated carbocycles. The predicted molar refractivity (Wildman–Crippen MR) is 40.7 cm³/mol. The summed E-state index contributed by atoms with van der Waals surface area (Å²) in [6.07, 6.45) is 1.36. The van der Waals surface area contributed by atoms with Gasteiger partial charge in [0.2, 0.25) is 0 Å². The molecule has 1 rings (SSSR count). The Labute approximate surface area is 68.6 Å². The SMILES string of the molecule is N#Cc1cnc(CCl)nc1N. The number of nitrogens with zero attached hydrogens (tertiary/aromatic N) is 3. The highest BCUT2D eigenvalue weighted by Gasteiger charge is 2.00. The molecule has 0 spiro atoms. The summed E-state index contributed by atoms with van der Waals surface area (Å²) in [6, 6.07) is 1.85. The first kappa shape index (κ1) is 7.76. The van der Waals surface area contributed by atoms with Gasteiger partial charge in [-0.15, -0.1) is 11.6 Å². The largest absolute Gasteiger partial charge is 0.382 e. The van der Waals surface area contributed by atoms with Crippen LogP contribution in [0.1, 0.15) is 11.4 Å². The molecule has 0 radical (unpaired) electrons. The number of anilines is 1. The van der Waals surface area contributed by atoms with E-state index >= 15 is 0 Å². The number of hydrogen-bond donors (Lipinski definition) is 1. The van der Waals surface area contributed by atoms with Crippen LogP contribution >= 0.6 is 11.6 Å². The molecule has 4 nitrogen and oxygen atoms in total. The number of nitriles is 1. The Morgan fingerprint density at radius 2 is 2.45 bits per heavy atom. The molecule has 0 aromatic carbocycles. The molecule has 2 N–H and O–H groups in total. The fraction of sp³-hybridized carbons (Fsp3) is 0.167. The Balaban J connectivity index is 3.12. The lowest BCUT2D eigenvalue weighted by molar-refractivity contribution is 1.03. The molecule has 0 aliphatic heterocycles. The smallest absolute Gasteiger partial charge is 0.145 e. The summed E-state index contributed by atoms with van der Waals surface area (Å²) in [5.41, 5.74) is 5.65. The first-order valence-electron chi connectivity index (χ1n) is 2.85. The van der Waals surface area contributed by atoms with Crippen LogP contribution in [0.15, 0.2) is 6.20 Å². The summed E-state index contributed by atoms with van der Waals surface area (Å²) in [7, 11) is 0. The predicted octanol–water partition coefficient (Wildman–Crippen LogP) is 0.669. The molecular formula is C6H5ClN4. The molecule has 0 aliphatic rings. The Morgan fingerprint density at radius 3 is 2.91 bits per heavy atom. The Hall–Kier alpha value is -1.34. The lowest BCUT2D eigenvalue weighted by Crippen LogP contribution is -1.99. The maximum atomic E-state index is 8.44. The fourth-order valence-corrected chi connectivity index (χ4v) is 0.713. The molecule has 1 aromatic rings. The molecule has 11 heavy (non-hydrogen) atoms. The quantitative estimate of drug-likeness (QED) is 0.626. The van der Waals surface area contributed by atoms with Crippen LogP contribution in [0, 0.1) is 11.3 Å². The van der Waals surface area contributed by atoms with E-state index in [1.54, 1.807) is 0 Å². The van der Waals surface area contributed by atoms with Crippen LogP contribution < -0.4 is 5.73 Å². The van der Waals surface area contributed by atoms with Crippen LogP contribution in [-0.4, -0.2) is 9.97 Å². The summed E-state index contributed by atoms with van der Waals surface area (Å²) in [5.74, 6) is 0.817. The number of alkyl halides is 1. The minimum atomic E-state index is 0.179. The van der Waals surface area contributed by atoms with Crippen LogP contribution in [0.4, 0.5) is 5.82 Å². The molecule has 1 heterocycles. The van der Waals surface area contributed by atoms with E-state index in [1.165, 1.54) is 6.20 Å². The summed E-state index contributed by atoms with van der Waals surface area (Å²) in [4.78, 5) is 7.56. The van der Waals surface area contributed by atoms with Crippen molar-refractivity contribution in [1.82, 2.24) is 9.97 Å². The number of nitrogens with two attached hydrogens (primary N) is 1. The molecule has 1 aromatic heterocycles. The molecule has 0 aliphatic carbocycles. The third-order valence-corrected chi connectivity index (χ3v) is 1.35. The van der Waals surface area contributed by atoms with E-state index < -0.39 is 0 Å². The van der Waals surface area contributed by atoms with Crippen LogP contribution in [0.5, 0.6) is 0 Å². The average Bonchev–Trinajstić information content (AvgIpc) is 2.04. The second-order valence-electron chi connectivity index (χ2n) is 1.83. The van der Waals surface area contributed by atoms with Gasteiger partial charge in [-0.3, -0.25) is 0 Å². The maximum Gasteiger partial charge on any atom is 0.145 e. The van der Waals surface area contributed by atoms with E-state index in [0.29, 0.717) is 5.82 Å². The van der Waals surface area contributed by atoms with Gasteiger partial charge in [0.1, 0.15) is 23.3 Å². The summed E-state index contributed by atoms with van der Waals surface area (Å²) in [5, 5.41) is 8.44. The Kier molecular flexibility index (Phi) is 2.24. The van der Waals surface area contributed by atoms with Crippen LogP contribution in [0.2, 0.25) is 0 Å². The van der Waals surface area contributed by atoms with Crippen molar-refractivity contribution in [3.05, 3.63) is 17.6 Å². The lowest BCUT2D eigenvalue weighted by Gasteiger charge is -1.96. The van der Waals surface area contributed by atoms with E-state index in [0.717, 1.165) is 0 Å². The topological polar surface area (TPSA) is 75.6 Å². The van der Waals surface area contributed by atoms with Crippen molar-refractivity contribution >= 4 is 17.4 Å². The van der Waals surface area contributed by atoms with Gasteiger partial charge in [0.15, 0.2) is 0 Å². The zero-order valence-electron chi connectivity index (χ0n) is 5.58. The van der Waals surface area contributed by atoms with Crippen LogP contribution in [-0.2, 0) is 5.88 Å². The number of aromatic nitrogens is 2. The van der Waals surface area contributed by atoms with Gasteiger partial charge in [0.25, 0.3) is 0 Å². The van der Waals surface area contributed by atoms with Crippen molar-refractivity contribution in [3.63, 3.8) is 0 Å². The minimum Gasteiger partial charge on any atom is -0.382 e. The van der Waals surface area contributed by atoms with Gasteiger partial charge in [0, 0.05) is 0 Å². The highest BCUT2D eigenvalue weighted by molar-refractivity contribution is 6.16. The monoisotopic (exact) mass is 168 g/mol. The second kappa shape index (κ2) is 3.17. The van der Waals surface area contributed by atoms with Crippen molar-refractivity contribution in [3.8, 4) is 6.07 Å². The molecule has 0 fully saturated rings. The minimum absolute atomic E-state index is 0.179. The van der Waals surface area contributed by atoms with Gasteiger partial charge in [-0.1, -0.05) is 0 Å². The Bertz CT molecular complexity index is 304. The van der Waals surface area contributed by atoms with Crippen molar-refractivity contribution in [2.75, 3.05) is 5.73 Å². The van der Waals surface area contributed by atoms with Gasteiger partial charge in [-0.2, -0.15) is 5.26 Å². The van der Waals surface area contributed by atoms with Crippen LogP contribution in [0.25, 0.3) is 0 Å². The van der Waals surface area contributed by atoms with E-state index in [4.69, 9.17) is 22.6 Å². The summed E-state index contributed by atoms with van der Waals surface area (Å²) in [6.45, 7) is 0. The number of rotatable bonds is 1. The zero-order chi connectivity index (χ0) is 8.27. The van der Waals surface area contributed by atoms with Crippen molar-refractivity contribution < 1.29 is 0 Å². The van der Waals surface area contributed by atoms with E-state index in [1.807, 2.05) is 6.07 Å². The van der Waals surface area contributed by atoms with E-state index in [2.05, 4.69) is 9.97 Å². The Morgan fingerprint density at radius 1 is 1.73 bits per heavy atom. The van der Waals surface area contributed by atoms with E-state index in [-0.39, 0.29) is 17.3 Å². The molecule has 56 valence electrons. The lowest BCUT2D eigenvalue weighted by atomic mass is 10.3. The second-order valence-corrected chi connectivity index (χ2v) is 2.10. The first-order valence-corrected chi connectivity index (χ1v) is 3.39. The van der Waals surface area contributed by atoms with Gasteiger partial charge in [0.05, 0.1) is 12.1 Å². The third kappa shape index (κ3) is 1.57. The number of hydrogen-bond acceptors (Lipinski definition) is 4. The fourth-order valence-electron chi connectivity index (χ4n) is 0.584. The summed E-state index contributed by atoms with van der Waals surface area (Å²) >= 11 is 5.43. The standard InChI is InChI=1S/C6H5ClN4/c7-1-5-10-3-4(2-8)6(9)11-5/h3H,1H2,(H2,9,10,11). The molecule has 0 amide bonds. The highest BCUT2D eigenvalue weighted by Crippen LogP contribution is 2.06. The molecule has 0 saturated heterocycles. The molecular weight excluding hydrogens is 164 g/mol. The average molecular weight is 169 g/mol. The van der Waals surface area contributed by atoms with Gasteiger partial charge >= 0.3 is 0 Å². The highest BCUT2D eigenvalue weighted by atomic mass is 35.5. The molecule has 5 heteroatoms. The molecule has 0 unspecified atom stereocenters. The summed E-state index contributed by atoms with van der Waals surface area (Å²) < 4.78 is 0. The van der Waals surface area contributed by atoms with Gasteiger partial charge in [-0.25, -0.2) is 9.97 Å². The maximum absolute atomic E-state index is 8.44. The van der Waals surface area contributed by atoms with Crippen LogP contribution in [0.3, 0.4) is 0 Å². The van der Waals surface area contributed by atoms with Crippen molar-refractivity contribution in [2.24, 2.45) is 0 Å². The third-order valence-electron chi connectivity index (χ3n) is 1.11. The van der Waals surface area contributed by atoms with E-state index in [9.17, 15) is 0 Å². The van der Waals surface area contributed by atoms with Gasteiger partial charge in [-0.05, 0) is 0 Å². The molecule has 0 bridgehead atoms. The zero-order valence-corrected chi connectivity index (χ0v) is 6.34. The van der Waals surface area contributed by atoms with Crippen molar-refractivity contribution in [2.45, 2.75) is 5.88 Å². The molecule has 0 atom stereocenters. The van der Waals surface area contributed by atoms with Crippen molar-refractivity contribution in [1.29, 1.82) is 5.26 Å². The normalized spacial score (nSPS) is 9.09.